The van der Waals surface area contributed by atoms with Crippen molar-refractivity contribution in [2.24, 2.45) is 5.41 Å². The zero-order chi connectivity index (χ0) is 18.0. The van der Waals surface area contributed by atoms with E-state index in [9.17, 15) is 4.79 Å². The van der Waals surface area contributed by atoms with Gasteiger partial charge in [-0.05, 0) is 26.0 Å². The fraction of sp³-hybridized carbons (Fsp3) is 0.650. The first kappa shape index (κ1) is 17.8. The maximum Gasteiger partial charge on any atom is 0.258 e. The van der Waals surface area contributed by atoms with Gasteiger partial charge in [-0.1, -0.05) is 18.2 Å². The first-order chi connectivity index (χ1) is 12.6. The van der Waals surface area contributed by atoms with E-state index in [4.69, 9.17) is 9.47 Å². The molecule has 0 radical (unpaired) electrons. The number of nitrogens with zero attached hydrogens (tertiary/aromatic N) is 2. The summed E-state index contributed by atoms with van der Waals surface area (Å²) in [5.74, 6) is 0.724. The number of hydrogen-bond acceptors (Lipinski definition) is 5. The quantitative estimate of drug-likeness (QED) is 0.790. The van der Waals surface area contributed by atoms with Crippen LogP contribution in [0, 0.1) is 5.41 Å². The predicted molar refractivity (Wildman–Crippen MR) is 99.1 cm³/mol. The molecule has 0 saturated carbocycles. The Hall–Kier alpha value is -1.63. The molecular weight excluding hydrogens is 330 g/mol. The van der Waals surface area contributed by atoms with Crippen LogP contribution in [0.15, 0.2) is 24.3 Å². The van der Waals surface area contributed by atoms with Crippen molar-refractivity contribution < 1.29 is 14.3 Å². The molecule has 1 atom stereocenters. The fourth-order valence-electron chi connectivity index (χ4n) is 4.56. The minimum absolute atomic E-state index is 0.0540. The molecule has 1 aromatic rings. The smallest absolute Gasteiger partial charge is 0.258 e. The summed E-state index contributed by atoms with van der Waals surface area (Å²) in [5, 5.41) is 2.90. The van der Waals surface area contributed by atoms with Crippen molar-refractivity contribution in [1.29, 1.82) is 0 Å². The summed E-state index contributed by atoms with van der Waals surface area (Å²) in [5.41, 5.74) is 1.69. The van der Waals surface area contributed by atoms with Gasteiger partial charge in [-0.25, -0.2) is 0 Å². The molecule has 0 bridgehead atoms. The Labute approximate surface area is 155 Å². The molecule has 4 rings (SSSR count). The Bertz CT molecular complexity index is 631. The number of benzene rings is 1. The van der Waals surface area contributed by atoms with Crippen LogP contribution in [0.4, 0.5) is 0 Å². The van der Waals surface area contributed by atoms with Crippen LogP contribution in [-0.4, -0.2) is 74.8 Å². The van der Waals surface area contributed by atoms with Crippen molar-refractivity contribution in [2.45, 2.75) is 25.5 Å². The number of carbonyl (C=O) groups excluding carboxylic acids is 1. The second kappa shape index (κ2) is 7.55. The van der Waals surface area contributed by atoms with Gasteiger partial charge in [0.25, 0.3) is 5.91 Å². The van der Waals surface area contributed by atoms with E-state index in [1.165, 1.54) is 13.1 Å². The van der Waals surface area contributed by atoms with Crippen LogP contribution in [-0.2, 0) is 16.1 Å². The van der Waals surface area contributed by atoms with Gasteiger partial charge >= 0.3 is 0 Å². The van der Waals surface area contributed by atoms with Crippen molar-refractivity contribution in [1.82, 2.24) is 15.1 Å². The lowest BCUT2D eigenvalue weighted by Gasteiger charge is -2.59. The van der Waals surface area contributed by atoms with Crippen LogP contribution in [0.5, 0.6) is 5.75 Å². The summed E-state index contributed by atoms with van der Waals surface area (Å²) in [6.45, 7) is 7.07. The van der Waals surface area contributed by atoms with E-state index in [2.05, 4.69) is 28.2 Å². The van der Waals surface area contributed by atoms with Crippen LogP contribution in [0.1, 0.15) is 18.4 Å². The number of ether oxygens (including phenoxy) is 2. The third-order valence-electron chi connectivity index (χ3n) is 5.60. The van der Waals surface area contributed by atoms with Gasteiger partial charge < -0.3 is 19.7 Å². The van der Waals surface area contributed by atoms with Crippen molar-refractivity contribution >= 4 is 5.91 Å². The van der Waals surface area contributed by atoms with E-state index in [0.29, 0.717) is 12.0 Å². The normalized spacial score (nSPS) is 24.9. The average molecular weight is 359 g/mol. The summed E-state index contributed by atoms with van der Waals surface area (Å²) in [6, 6.07) is 8.04. The second-order valence-electron chi connectivity index (χ2n) is 8.15. The molecule has 26 heavy (non-hydrogen) atoms. The SMILES string of the molecule is CN1CC2(C1)CN(Cc1ccccc1OCC(=O)NCC1CCCO1)C2. The number of amides is 1. The monoisotopic (exact) mass is 359 g/mol. The van der Waals surface area contributed by atoms with Gasteiger partial charge in [-0.2, -0.15) is 0 Å². The maximum absolute atomic E-state index is 12.0. The molecule has 3 aliphatic heterocycles. The van der Waals surface area contributed by atoms with Crippen LogP contribution < -0.4 is 10.1 Å². The van der Waals surface area contributed by atoms with Crippen LogP contribution in [0.25, 0.3) is 0 Å². The minimum atomic E-state index is -0.0873. The highest BCUT2D eigenvalue weighted by Gasteiger charge is 2.50. The molecule has 6 heteroatoms. The van der Waals surface area contributed by atoms with Crippen LogP contribution >= 0.6 is 0 Å². The zero-order valence-electron chi connectivity index (χ0n) is 15.6. The molecule has 3 saturated heterocycles. The average Bonchev–Trinajstić information content (AvgIpc) is 3.09. The Morgan fingerprint density at radius 1 is 1.31 bits per heavy atom. The zero-order valence-corrected chi connectivity index (χ0v) is 15.6. The van der Waals surface area contributed by atoms with E-state index in [0.717, 1.165) is 50.4 Å². The Morgan fingerprint density at radius 3 is 2.85 bits per heavy atom. The molecule has 1 N–H and O–H groups in total. The Kier molecular flexibility index (Phi) is 5.16. The molecule has 3 fully saturated rings. The van der Waals surface area contributed by atoms with Crippen LogP contribution in [0.3, 0.4) is 0 Å². The molecule has 6 nitrogen and oxygen atoms in total. The van der Waals surface area contributed by atoms with E-state index in [1.54, 1.807) is 0 Å². The Morgan fingerprint density at radius 2 is 2.12 bits per heavy atom. The van der Waals surface area contributed by atoms with Gasteiger partial charge in [-0.15, -0.1) is 0 Å². The highest BCUT2D eigenvalue weighted by atomic mass is 16.5. The highest BCUT2D eigenvalue weighted by Crippen LogP contribution is 2.39. The van der Waals surface area contributed by atoms with Crippen molar-refractivity contribution in [3.05, 3.63) is 29.8 Å². The molecule has 1 spiro atoms. The van der Waals surface area contributed by atoms with Crippen molar-refractivity contribution in [2.75, 3.05) is 53.0 Å². The molecule has 1 aromatic carbocycles. The molecule has 0 aromatic heterocycles. The number of likely N-dealkylation sites (tertiary alicyclic amines) is 2. The first-order valence-electron chi connectivity index (χ1n) is 9.62. The number of para-hydroxylation sites is 1. The van der Waals surface area contributed by atoms with Crippen molar-refractivity contribution in [3.8, 4) is 5.75 Å². The second-order valence-corrected chi connectivity index (χ2v) is 8.15. The van der Waals surface area contributed by atoms with E-state index in [1.807, 2.05) is 18.2 Å². The van der Waals surface area contributed by atoms with E-state index in [-0.39, 0.29) is 18.6 Å². The summed E-state index contributed by atoms with van der Waals surface area (Å²) in [4.78, 5) is 16.9. The molecule has 3 heterocycles. The molecule has 0 aliphatic carbocycles. The fourth-order valence-corrected chi connectivity index (χ4v) is 4.56. The largest absolute Gasteiger partial charge is 0.483 e. The van der Waals surface area contributed by atoms with Gasteiger partial charge in [0, 0.05) is 56.9 Å². The number of carbonyl (C=O) groups is 1. The van der Waals surface area contributed by atoms with Gasteiger partial charge in [0.15, 0.2) is 6.61 Å². The lowest BCUT2D eigenvalue weighted by Crippen LogP contribution is -2.70. The lowest BCUT2D eigenvalue weighted by molar-refractivity contribution is -0.123. The molecule has 1 amide bonds. The van der Waals surface area contributed by atoms with Gasteiger partial charge in [0.05, 0.1) is 6.10 Å². The van der Waals surface area contributed by atoms with Gasteiger partial charge in [0.2, 0.25) is 0 Å². The number of hydrogen-bond donors (Lipinski definition) is 1. The lowest BCUT2D eigenvalue weighted by atomic mass is 9.73. The van der Waals surface area contributed by atoms with Gasteiger partial charge in [-0.3, -0.25) is 9.69 Å². The van der Waals surface area contributed by atoms with E-state index >= 15 is 0 Å². The highest BCUT2D eigenvalue weighted by molar-refractivity contribution is 5.77. The molecular formula is C20H29N3O3. The number of nitrogens with one attached hydrogen (secondary N) is 1. The molecule has 3 aliphatic rings. The topological polar surface area (TPSA) is 54.0 Å². The van der Waals surface area contributed by atoms with E-state index < -0.39 is 0 Å². The predicted octanol–water partition coefficient (Wildman–Crippen LogP) is 1.11. The molecule has 142 valence electrons. The summed E-state index contributed by atoms with van der Waals surface area (Å²) in [6.07, 6.45) is 2.27. The third kappa shape index (κ3) is 4.03. The van der Waals surface area contributed by atoms with Crippen LogP contribution in [0.2, 0.25) is 0 Å². The Balaban J connectivity index is 1.23. The minimum Gasteiger partial charge on any atom is -0.483 e. The van der Waals surface area contributed by atoms with Crippen molar-refractivity contribution in [3.63, 3.8) is 0 Å². The summed E-state index contributed by atoms with van der Waals surface area (Å²) >= 11 is 0. The maximum atomic E-state index is 12.0. The molecule has 1 unspecified atom stereocenters. The summed E-state index contributed by atoms with van der Waals surface area (Å²) in [7, 11) is 2.18. The third-order valence-corrected chi connectivity index (χ3v) is 5.60. The number of rotatable bonds is 7. The standard InChI is InChI=1S/C20H29N3O3/c1-22-12-20(13-22)14-23(15-20)10-16-5-2-3-7-18(16)26-11-19(24)21-9-17-6-4-8-25-17/h2-3,5,7,17H,4,6,8-15H2,1H3,(H,21,24). The van der Waals surface area contributed by atoms with Gasteiger partial charge in [0.1, 0.15) is 5.75 Å². The first-order valence-corrected chi connectivity index (χ1v) is 9.62. The summed E-state index contributed by atoms with van der Waals surface area (Å²) < 4.78 is 11.3.